The molecule has 0 amide bonds. The summed E-state index contributed by atoms with van der Waals surface area (Å²) in [6.45, 7) is 1.57. The molecular weight excluding hydrogens is 234 g/mol. The molecule has 0 saturated heterocycles. The Labute approximate surface area is 108 Å². The predicted octanol–water partition coefficient (Wildman–Crippen LogP) is 3.41. The van der Waals surface area contributed by atoms with E-state index >= 15 is 0 Å². The van der Waals surface area contributed by atoms with E-state index in [1.54, 1.807) is 0 Å². The average Bonchev–Trinajstić information content (AvgIpc) is 3.12. The molecule has 1 saturated carbocycles. The summed E-state index contributed by atoms with van der Waals surface area (Å²) in [6.07, 6.45) is 5.83. The van der Waals surface area contributed by atoms with Crippen molar-refractivity contribution >= 4 is 11.6 Å². The second-order valence-electron chi connectivity index (χ2n) is 4.76. The molecule has 2 rings (SSSR count). The Kier molecular flexibility index (Phi) is 4.69. The van der Waals surface area contributed by atoms with Crippen molar-refractivity contribution in [3.05, 3.63) is 28.8 Å². The molecule has 2 nitrogen and oxygen atoms in total. The highest BCUT2D eigenvalue weighted by molar-refractivity contribution is 6.32. The van der Waals surface area contributed by atoms with E-state index in [9.17, 15) is 0 Å². The van der Waals surface area contributed by atoms with Crippen LogP contribution in [0.4, 0.5) is 0 Å². The van der Waals surface area contributed by atoms with Crippen molar-refractivity contribution in [1.82, 2.24) is 0 Å². The number of halogens is 1. The van der Waals surface area contributed by atoms with Crippen LogP contribution in [0.1, 0.15) is 31.2 Å². The zero-order chi connectivity index (χ0) is 12.1. The van der Waals surface area contributed by atoms with Crippen molar-refractivity contribution < 1.29 is 4.74 Å². The minimum Gasteiger partial charge on any atom is -0.492 e. The fraction of sp³-hybridized carbons (Fsp3) is 0.571. The fourth-order valence-corrected chi connectivity index (χ4v) is 2.04. The van der Waals surface area contributed by atoms with E-state index in [1.807, 2.05) is 12.1 Å². The van der Waals surface area contributed by atoms with Crippen LogP contribution in [0.3, 0.4) is 0 Å². The summed E-state index contributed by atoms with van der Waals surface area (Å²) in [5.74, 6) is 1.58. The second-order valence-corrected chi connectivity index (χ2v) is 5.17. The Morgan fingerprint density at radius 1 is 1.29 bits per heavy atom. The van der Waals surface area contributed by atoms with Crippen LogP contribution in [0.2, 0.25) is 5.02 Å². The number of unbranched alkanes of at least 4 members (excludes halogenated alkanes) is 1. The number of nitrogens with two attached hydrogens (primary N) is 1. The van der Waals surface area contributed by atoms with Gasteiger partial charge in [-0.25, -0.2) is 0 Å². The maximum absolute atomic E-state index is 6.20. The van der Waals surface area contributed by atoms with Gasteiger partial charge in [0, 0.05) is 0 Å². The van der Waals surface area contributed by atoms with Crippen LogP contribution in [0.15, 0.2) is 18.2 Å². The van der Waals surface area contributed by atoms with Crippen LogP contribution in [-0.4, -0.2) is 13.2 Å². The van der Waals surface area contributed by atoms with Crippen LogP contribution in [0.5, 0.6) is 5.75 Å². The van der Waals surface area contributed by atoms with E-state index in [-0.39, 0.29) is 0 Å². The number of ether oxygens (including phenoxy) is 1. The smallest absolute Gasteiger partial charge is 0.137 e. The molecule has 1 aliphatic rings. The van der Waals surface area contributed by atoms with Gasteiger partial charge in [0.25, 0.3) is 0 Å². The molecular formula is C14H20ClNO. The fourth-order valence-electron chi connectivity index (χ4n) is 1.78. The highest BCUT2D eigenvalue weighted by Gasteiger charge is 2.22. The van der Waals surface area contributed by atoms with Gasteiger partial charge in [-0.05, 0) is 62.3 Å². The highest BCUT2D eigenvalue weighted by Crippen LogP contribution is 2.32. The summed E-state index contributed by atoms with van der Waals surface area (Å²) >= 11 is 6.20. The van der Waals surface area contributed by atoms with Gasteiger partial charge in [0.1, 0.15) is 5.75 Å². The van der Waals surface area contributed by atoms with Gasteiger partial charge in [0.2, 0.25) is 0 Å². The Bertz CT molecular complexity index is 363. The van der Waals surface area contributed by atoms with Gasteiger partial charge in [-0.2, -0.15) is 0 Å². The van der Waals surface area contributed by atoms with Gasteiger partial charge in [-0.3, -0.25) is 0 Å². The summed E-state index contributed by atoms with van der Waals surface area (Å²) < 4.78 is 5.69. The molecule has 1 aliphatic carbocycles. The molecule has 17 heavy (non-hydrogen) atoms. The Morgan fingerprint density at radius 2 is 2.12 bits per heavy atom. The Hall–Kier alpha value is -0.730. The summed E-state index contributed by atoms with van der Waals surface area (Å²) in [4.78, 5) is 0. The number of benzene rings is 1. The molecule has 0 aromatic heterocycles. The van der Waals surface area contributed by atoms with E-state index in [1.165, 1.54) is 18.4 Å². The molecule has 1 aromatic carbocycles. The second kappa shape index (κ2) is 6.27. The monoisotopic (exact) mass is 253 g/mol. The first-order chi connectivity index (χ1) is 8.29. The molecule has 0 unspecified atom stereocenters. The topological polar surface area (TPSA) is 35.2 Å². The number of aryl methyl sites for hydroxylation is 1. The zero-order valence-corrected chi connectivity index (χ0v) is 10.9. The predicted molar refractivity (Wildman–Crippen MR) is 71.7 cm³/mol. The first-order valence-electron chi connectivity index (χ1n) is 6.41. The minimum atomic E-state index is 0.732. The van der Waals surface area contributed by atoms with Crippen LogP contribution < -0.4 is 10.5 Å². The molecule has 1 fully saturated rings. The number of rotatable bonds is 7. The van der Waals surface area contributed by atoms with Crippen molar-refractivity contribution in [3.8, 4) is 5.75 Å². The summed E-state index contributed by atoms with van der Waals surface area (Å²) in [5, 5.41) is 0.732. The van der Waals surface area contributed by atoms with Gasteiger partial charge in [-0.15, -0.1) is 0 Å². The molecule has 94 valence electrons. The summed E-state index contributed by atoms with van der Waals surface area (Å²) in [5.41, 5.74) is 6.74. The van der Waals surface area contributed by atoms with Crippen LogP contribution in [-0.2, 0) is 6.42 Å². The third kappa shape index (κ3) is 4.21. The van der Waals surface area contributed by atoms with Crippen LogP contribution in [0, 0.1) is 5.92 Å². The molecule has 0 spiro atoms. The zero-order valence-electron chi connectivity index (χ0n) is 10.1. The Balaban J connectivity index is 1.85. The molecule has 0 heterocycles. The van der Waals surface area contributed by atoms with Crippen molar-refractivity contribution in [2.75, 3.05) is 13.2 Å². The molecule has 0 atom stereocenters. The van der Waals surface area contributed by atoms with Gasteiger partial charge in [0.15, 0.2) is 0 Å². The van der Waals surface area contributed by atoms with Crippen LogP contribution >= 0.6 is 11.6 Å². The molecule has 3 heteroatoms. The third-order valence-corrected chi connectivity index (χ3v) is 3.38. The van der Waals surface area contributed by atoms with Gasteiger partial charge in [-0.1, -0.05) is 17.7 Å². The Morgan fingerprint density at radius 3 is 2.76 bits per heavy atom. The van der Waals surface area contributed by atoms with Crippen molar-refractivity contribution in [2.45, 2.75) is 32.1 Å². The lowest BCUT2D eigenvalue weighted by atomic mass is 10.1. The minimum absolute atomic E-state index is 0.732. The summed E-state index contributed by atoms with van der Waals surface area (Å²) in [6, 6.07) is 6.10. The molecule has 0 aliphatic heterocycles. The maximum atomic E-state index is 6.20. The maximum Gasteiger partial charge on any atom is 0.137 e. The first kappa shape index (κ1) is 12.7. The van der Waals surface area contributed by atoms with E-state index in [4.69, 9.17) is 22.1 Å². The number of hydrogen-bond donors (Lipinski definition) is 1. The van der Waals surface area contributed by atoms with E-state index < -0.39 is 0 Å². The van der Waals surface area contributed by atoms with Crippen molar-refractivity contribution in [2.24, 2.45) is 11.7 Å². The highest BCUT2D eigenvalue weighted by atomic mass is 35.5. The first-order valence-corrected chi connectivity index (χ1v) is 6.78. The van der Waals surface area contributed by atoms with Gasteiger partial charge >= 0.3 is 0 Å². The third-order valence-electron chi connectivity index (χ3n) is 3.09. The van der Waals surface area contributed by atoms with Crippen LogP contribution in [0.25, 0.3) is 0 Å². The molecule has 2 N–H and O–H groups in total. The lowest BCUT2D eigenvalue weighted by molar-refractivity contribution is 0.300. The summed E-state index contributed by atoms with van der Waals surface area (Å²) in [7, 11) is 0. The van der Waals surface area contributed by atoms with Crippen molar-refractivity contribution in [1.29, 1.82) is 0 Å². The van der Waals surface area contributed by atoms with Gasteiger partial charge < -0.3 is 10.5 Å². The number of hydrogen-bond acceptors (Lipinski definition) is 2. The lowest BCUT2D eigenvalue weighted by Crippen LogP contribution is -2.00. The van der Waals surface area contributed by atoms with E-state index in [0.717, 1.165) is 49.1 Å². The SMILES string of the molecule is NCCCCc1ccc(OCC2CC2)c(Cl)c1. The molecule has 0 bridgehead atoms. The largest absolute Gasteiger partial charge is 0.492 e. The average molecular weight is 254 g/mol. The van der Waals surface area contributed by atoms with Crippen molar-refractivity contribution in [3.63, 3.8) is 0 Å². The van der Waals surface area contributed by atoms with E-state index in [0.29, 0.717) is 0 Å². The molecule has 0 radical (unpaired) electrons. The quantitative estimate of drug-likeness (QED) is 0.756. The lowest BCUT2D eigenvalue weighted by Gasteiger charge is -2.09. The van der Waals surface area contributed by atoms with E-state index in [2.05, 4.69) is 6.07 Å². The standard InChI is InChI=1S/C14H20ClNO/c15-13-9-11(3-1-2-8-16)6-7-14(13)17-10-12-4-5-12/h6-7,9,12H,1-5,8,10,16H2. The normalized spacial score (nSPS) is 14.9. The van der Waals surface area contributed by atoms with Gasteiger partial charge in [0.05, 0.1) is 11.6 Å². The molecule has 1 aromatic rings.